The van der Waals surface area contributed by atoms with Gasteiger partial charge >= 0.3 is 5.97 Å². The molecule has 0 bridgehead atoms. The molecule has 1 unspecified atom stereocenters. The summed E-state index contributed by atoms with van der Waals surface area (Å²) in [6.07, 6.45) is 0. The molecule has 0 aromatic heterocycles. The number of carboxylic acid groups (broad SMARTS) is 1. The quantitative estimate of drug-likeness (QED) is 0.751. The molecule has 0 saturated carbocycles. The Morgan fingerprint density at radius 2 is 2.20 bits per heavy atom. The predicted octanol–water partition coefficient (Wildman–Crippen LogP) is 2.12. The fourth-order valence-electron chi connectivity index (χ4n) is 2.04. The number of carbonyl (C=O) groups is 1. The number of hydrogen-bond acceptors (Lipinski definition) is 4. The first-order chi connectivity index (χ1) is 9.58. The van der Waals surface area contributed by atoms with E-state index in [0.29, 0.717) is 25.0 Å². The molecule has 0 amide bonds. The highest BCUT2D eigenvalue weighted by molar-refractivity contribution is 5.87. The van der Waals surface area contributed by atoms with Crippen LogP contribution in [-0.4, -0.2) is 55.4 Å². The van der Waals surface area contributed by atoms with Crippen LogP contribution in [0.1, 0.15) is 24.2 Å². The third-order valence-corrected chi connectivity index (χ3v) is 3.17. The lowest BCUT2D eigenvalue weighted by atomic mass is 10.2. The van der Waals surface area contributed by atoms with Gasteiger partial charge in [-0.1, -0.05) is 13.0 Å². The van der Waals surface area contributed by atoms with Crippen LogP contribution in [-0.2, 0) is 4.74 Å². The fraction of sp³-hybridized carbons (Fsp3) is 0.533. The summed E-state index contributed by atoms with van der Waals surface area (Å²) >= 11 is 0. The molecule has 0 aliphatic carbocycles. The van der Waals surface area contributed by atoms with Gasteiger partial charge in [0, 0.05) is 19.7 Å². The summed E-state index contributed by atoms with van der Waals surface area (Å²) in [6, 6.07) is 6.87. The Morgan fingerprint density at radius 1 is 1.45 bits per heavy atom. The van der Waals surface area contributed by atoms with Gasteiger partial charge in [0.2, 0.25) is 0 Å². The molecule has 1 atom stereocenters. The topological polar surface area (TPSA) is 59.0 Å². The van der Waals surface area contributed by atoms with Gasteiger partial charge in [0.05, 0.1) is 12.2 Å². The van der Waals surface area contributed by atoms with E-state index in [1.165, 1.54) is 6.07 Å². The van der Waals surface area contributed by atoms with Crippen molar-refractivity contribution in [3.05, 3.63) is 29.8 Å². The Labute approximate surface area is 120 Å². The van der Waals surface area contributed by atoms with Crippen molar-refractivity contribution >= 4 is 5.97 Å². The van der Waals surface area contributed by atoms with Crippen LogP contribution in [0, 0.1) is 0 Å². The molecule has 5 nitrogen and oxygen atoms in total. The Morgan fingerprint density at radius 3 is 2.80 bits per heavy atom. The summed E-state index contributed by atoms with van der Waals surface area (Å²) in [5.74, 6) is -0.361. The number of likely N-dealkylation sites (N-methyl/N-ethyl adjacent to an activating group) is 1. The molecule has 0 spiro atoms. The normalized spacial score (nSPS) is 12.4. The standard InChI is InChI=1S/C15H23NO4/c1-4-16(12(2)11-19-3)8-9-20-14-7-5-6-13(10-14)15(17)18/h5-7,10,12H,4,8-9,11H2,1-3H3,(H,17,18). The lowest BCUT2D eigenvalue weighted by Gasteiger charge is -2.27. The van der Waals surface area contributed by atoms with Gasteiger partial charge in [-0.05, 0) is 31.7 Å². The highest BCUT2D eigenvalue weighted by Crippen LogP contribution is 2.13. The molecule has 1 rings (SSSR count). The molecular weight excluding hydrogens is 258 g/mol. The predicted molar refractivity (Wildman–Crippen MR) is 77.5 cm³/mol. The van der Waals surface area contributed by atoms with Crippen LogP contribution in [0.5, 0.6) is 5.75 Å². The maximum atomic E-state index is 10.9. The fourth-order valence-corrected chi connectivity index (χ4v) is 2.04. The largest absolute Gasteiger partial charge is 0.492 e. The van der Waals surface area contributed by atoms with E-state index >= 15 is 0 Å². The molecule has 112 valence electrons. The molecule has 0 fully saturated rings. The van der Waals surface area contributed by atoms with E-state index in [2.05, 4.69) is 18.7 Å². The number of benzene rings is 1. The Balaban J connectivity index is 2.46. The minimum atomic E-state index is -0.945. The van der Waals surface area contributed by atoms with Gasteiger partial charge in [-0.2, -0.15) is 0 Å². The van der Waals surface area contributed by atoms with Crippen LogP contribution >= 0.6 is 0 Å². The van der Waals surface area contributed by atoms with Gasteiger partial charge < -0.3 is 14.6 Å². The van der Waals surface area contributed by atoms with E-state index in [0.717, 1.165) is 13.1 Å². The van der Waals surface area contributed by atoms with Gasteiger partial charge in [0.25, 0.3) is 0 Å². The maximum Gasteiger partial charge on any atom is 0.335 e. The van der Waals surface area contributed by atoms with Crippen molar-refractivity contribution in [3.8, 4) is 5.75 Å². The van der Waals surface area contributed by atoms with E-state index in [-0.39, 0.29) is 5.56 Å². The van der Waals surface area contributed by atoms with Gasteiger partial charge in [-0.25, -0.2) is 4.79 Å². The van der Waals surface area contributed by atoms with E-state index in [1.54, 1.807) is 25.3 Å². The van der Waals surface area contributed by atoms with Crippen molar-refractivity contribution in [2.75, 3.05) is 33.4 Å². The lowest BCUT2D eigenvalue weighted by molar-refractivity contribution is 0.0696. The summed E-state index contributed by atoms with van der Waals surface area (Å²) in [5, 5.41) is 8.92. The van der Waals surface area contributed by atoms with Crippen molar-refractivity contribution in [2.24, 2.45) is 0 Å². The Hall–Kier alpha value is -1.59. The van der Waals surface area contributed by atoms with Crippen LogP contribution in [0.25, 0.3) is 0 Å². The monoisotopic (exact) mass is 281 g/mol. The molecule has 0 aliphatic heterocycles. The lowest BCUT2D eigenvalue weighted by Crippen LogP contribution is -2.38. The highest BCUT2D eigenvalue weighted by atomic mass is 16.5. The van der Waals surface area contributed by atoms with Gasteiger partial charge in [-0.15, -0.1) is 0 Å². The summed E-state index contributed by atoms with van der Waals surface area (Å²) in [7, 11) is 1.69. The first-order valence-corrected chi connectivity index (χ1v) is 6.77. The number of hydrogen-bond donors (Lipinski definition) is 1. The van der Waals surface area contributed by atoms with Gasteiger partial charge in [-0.3, -0.25) is 4.90 Å². The third kappa shape index (κ3) is 5.19. The molecule has 20 heavy (non-hydrogen) atoms. The zero-order valence-corrected chi connectivity index (χ0v) is 12.3. The van der Waals surface area contributed by atoms with Crippen molar-refractivity contribution in [1.82, 2.24) is 4.90 Å². The maximum absolute atomic E-state index is 10.9. The molecule has 1 N–H and O–H groups in total. The smallest absolute Gasteiger partial charge is 0.335 e. The molecule has 1 aromatic rings. The first-order valence-electron chi connectivity index (χ1n) is 6.77. The Bertz CT molecular complexity index is 422. The number of ether oxygens (including phenoxy) is 2. The van der Waals surface area contributed by atoms with Crippen LogP contribution in [0.3, 0.4) is 0 Å². The second-order valence-electron chi connectivity index (χ2n) is 4.61. The minimum absolute atomic E-state index is 0.239. The molecule has 1 aromatic carbocycles. The van der Waals surface area contributed by atoms with Crippen LogP contribution < -0.4 is 4.74 Å². The zero-order valence-electron chi connectivity index (χ0n) is 12.3. The van der Waals surface area contributed by atoms with Crippen molar-refractivity contribution in [3.63, 3.8) is 0 Å². The first kappa shape index (κ1) is 16.5. The average molecular weight is 281 g/mol. The van der Waals surface area contributed by atoms with Crippen LogP contribution in [0.2, 0.25) is 0 Å². The molecular formula is C15H23NO4. The van der Waals surface area contributed by atoms with Crippen molar-refractivity contribution in [1.29, 1.82) is 0 Å². The van der Waals surface area contributed by atoms with E-state index in [1.807, 2.05) is 0 Å². The highest BCUT2D eigenvalue weighted by Gasteiger charge is 2.11. The van der Waals surface area contributed by atoms with Crippen molar-refractivity contribution < 1.29 is 19.4 Å². The number of carboxylic acids is 1. The molecule has 5 heteroatoms. The van der Waals surface area contributed by atoms with Crippen molar-refractivity contribution in [2.45, 2.75) is 19.9 Å². The van der Waals surface area contributed by atoms with E-state index in [9.17, 15) is 4.79 Å². The SMILES string of the molecule is CCN(CCOc1cccc(C(=O)O)c1)C(C)COC. The summed E-state index contributed by atoms with van der Waals surface area (Å²) < 4.78 is 10.8. The molecule has 0 heterocycles. The second kappa shape index (κ2) is 8.55. The van der Waals surface area contributed by atoms with E-state index in [4.69, 9.17) is 14.6 Å². The summed E-state index contributed by atoms with van der Waals surface area (Å²) in [6.45, 7) is 7.10. The zero-order chi connectivity index (χ0) is 15.0. The minimum Gasteiger partial charge on any atom is -0.492 e. The van der Waals surface area contributed by atoms with Crippen LogP contribution in [0.15, 0.2) is 24.3 Å². The Kier molecular flexibility index (Phi) is 7.04. The number of rotatable bonds is 9. The van der Waals surface area contributed by atoms with Gasteiger partial charge in [0.15, 0.2) is 0 Å². The van der Waals surface area contributed by atoms with Crippen LogP contribution in [0.4, 0.5) is 0 Å². The molecule has 0 aliphatic rings. The summed E-state index contributed by atoms with van der Waals surface area (Å²) in [4.78, 5) is 13.1. The number of nitrogens with zero attached hydrogens (tertiary/aromatic N) is 1. The second-order valence-corrected chi connectivity index (χ2v) is 4.61. The number of aromatic carboxylic acids is 1. The molecule has 0 saturated heterocycles. The van der Waals surface area contributed by atoms with E-state index < -0.39 is 5.97 Å². The molecule has 0 radical (unpaired) electrons. The van der Waals surface area contributed by atoms with Gasteiger partial charge in [0.1, 0.15) is 12.4 Å². The number of methoxy groups -OCH3 is 1. The third-order valence-electron chi connectivity index (χ3n) is 3.17. The average Bonchev–Trinajstić information content (AvgIpc) is 2.44. The summed E-state index contributed by atoms with van der Waals surface area (Å²) in [5.41, 5.74) is 0.239.